The lowest BCUT2D eigenvalue weighted by Gasteiger charge is -2.18. The standard InChI is InChI=1S/C10H14.C6H12O3/c1-3-9(2)10-7-5-4-6-8-10;1-3-6(2,4-7)5(8)9/h4-9H,3H2,1-2H3;7H,3-4H2,1-2H3,(H,8,9). The first kappa shape index (κ1) is 17.6. The first-order valence-corrected chi connectivity index (χ1v) is 6.80. The quantitative estimate of drug-likeness (QED) is 0.854. The number of carboxylic acid groups (broad SMARTS) is 1. The van der Waals surface area contributed by atoms with Crippen LogP contribution in [0.2, 0.25) is 0 Å². The largest absolute Gasteiger partial charge is 0.481 e. The summed E-state index contributed by atoms with van der Waals surface area (Å²) in [6.07, 6.45) is 1.68. The second-order valence-electron chi connectivity index (χ2n) is 5.10. The van der Waals surface area contributed by atoms with Crippen molar-refractivity contribution in [3.63, 3.8) is 0 Å². The second-order valence-corrected chi connectivity index (χ2v) is 5.10. The lowest BCUT2D eigenvalue weighted by Crippen LogP contribution is -2.30. The van der Waals surface area contributed by atoms with Crippen LogP contribution in [0.4, 0.5) is 0 Å². The van der Waals surface area contributed by atoms with Crippen molar-refractivity contribution in [1.82, 2.24) is 0 Å². The van der Waals surface area contributed by atoms with E-state index < -0.39 is 11.4 Å². The zero-order valence-electron chi connectivity index (χ0n) is 12.4. The van der Waals surface area contributed by atoms with E-state index in [4.69, 9.17) is 10.2 Å². The Bertz CT molecular complexity index is 356. The summed E-state index contributed by atoms with van der Waals surface area (Å²) in [5, 5.41) is 17.0. The minimum atomic E-state index is -0.944. The zero-order chi connectivity index (χ0) is 14.9. The van der Waals surface area contributed by atoms with E-state index in [0.717, 1.165) is 0 Å². The number of aliphatic carboxylic acids is 1. The van der Waals surface area contributed by atoms with Crippen LogP contribution in [-0.4, -0.2) is 22.8 Å². The van der Waals surface area contributed by atoms with Crippen LogP contribution in [0.5, 0.6) is 0 Å². The molecule has 0 aliphatic rings. The normalized spacial score (nSPS) is 14.8. The number of carboxylic acids is 1. The van der Waals surface area contributed by atoms with Gasteiger partial charge < -0.3 is 10.2 Å². The summed E-state index contributed by atoms with van der Waals surface area (Å²) in [7, 11) is 0. The Labute approximate surface area is 116 Å². The topological polar surface area (TPSA) is 57.5 Å². The molecule has 0 bridgehead atoms. The molecular weight excluding hydrogens is 240 g/mol. The van der Waals surface area contributed by atoms with Gasteiger partial charge in [-0.2, -0.15) is 0 Å². The van der Waals surface area contributed by atoms with Crippen LogP contribution in [-0.2, 0) is 4.79 Å². The average Bonchev–Trinajstić information content (AvgIpc) is 2.46. The maximum atomic E-state index is 10.3. The van der Waals surface area contributed by atoms with Crippen LogP contribution in [0.1, 0.15) is 52.0 Å². The third-order valence-electron chi connectivity index (χ3n) is 3.63. The van der Waals surface area contributed by atoms with Crippen molar-refractivity contribution in [3.8, 4) is 0 Å². The molecule has 19 heavy (non-hydrogen) atoms. The number of aliphatic hydroxyl groups is 1. The van der Waals surface area contributed by atoms with Gasteiger partial charge >= 0.3 is 5.97 Å². The van der Waals surface area contributed by atoms with Crippen LogP contribution in [0, 0.1) is 5.41 Å². The molecule has 1 aromatic carbocycles. The highest BCUT2D eigenvalue weighted by molar-refractivity contribution is 5.74. The van der Waals surface area contributed by atoms with E-state index in [-0.39, 0.29) is 6.61 Å². The third kappa shape index (κ3) is 5.88. The summed E-state index contributed by atoms with van der Waals surface area (Å²) in [5.74, 6) is -0.228. The first-order chi connectivity index (χ1) is 8.91. The van der Waals surface area contributed by atoms with E-state index in [9.17, 15) is 4.79 Å². The van der Waals surface area contributed by atoms with Gasteiger partial charge in [-0.3, -0.25) is 4.79 Å². The van der Waals surface area contributed by atoms with Crippen LogP contribution >= 0.6 is 0 Å². The number of hydrogen-bond acceptors (Lipinski definition) is 2. The Morgan fingerprint density at radius 2 is 1.79 bits per heavy atom. The molecule has 3 heteroatoms. The van der Waals surface area contributed by atoms with Crippen LogP contribution in [0.3, 0.4) is 0 Å². The summed E-state index contributed by atoms with van der Waals surface area (Å²) >= 11 is 0. The molecule has 0 amide bonds. The van der Waals surface area contributed by atoms with Gasteiger partial charge in [0.1, 0.15) is 0 Å². The fraction of sp³-hybridized carbons (Fsp3) is 0.562. The first-order valence-electron chi connectivity index (χ1n) is 6.80. The van der Waals surface area contributed by atoms with E-state index in [1.807, 2.05) is 0 Å². The van der Waals surface area contributed by atoms with Crippen molar-refractivity contribution in [2.75, 3.05) is 6.61 Å². The van der Waals surface area contributed by atoms with Gasteiger partial charge in [0.2, 0.25) is 0 Å². The van der Waals surface area contributed by atoms with Gasteiger partial charge in [0.25, 0.3) is 0 Å². The second kappa shape index (κ2) is 8.70. The van der Waals surface area contributed by atoms with Gasteiger partial charge in [-0.25, -0.2) is 0 Å². The lowest BCUT2D eigenvalue weighted by atomic mass is 9.89. The Morgan fingerprint density at radius 3 is 2.05 bits per heavy atom. The van der Waals surface area contributed by atoms with Crippen molar-refractivity contribution in [1.29, 1.82) is 0 Å². The van der Waals surface area contributed by atoms with Crippen molar-refractivity contribution < 1.29 is 15.0 Å². The molecule has 2 N–H and O–H groups in total. The molecule has 0 aliphatic heterocycles. The van der Waals surface area contributed by atoms with E-state index in [0.29, 0.717) is 12.3 Å². The SMILES string of the molecule is CCC(C)(CO)C(=O)O.CCC(C)c1ccccc1. The molecule has 1 rings (SSSR count). The molecule has 0 heterocycles. The molecule has 0 saturated carbocycles. The van der Waals surface area contributed by atoms with Gasteiger partial charge in [-0.1, -0.05) is 51.1 Å². The lowest BCUT2D eigenvalue weighted by molar-refractivity contribution is -0.150. The molecule has 0 aliphatic carbocycles. The molecule has 0 aromatic heterocycles. The Balaban J connectivity index is 0.000000344. The number of aliphatic hydroxyl groups excluding tert-OH is 1. The molecule has 0 spiro atoms. The molecule has 1 aromatic rings. The Hall–Kier alpha value is -1.35. The van der Waals surface area contributed by atoms with Crippen molar-refractivity contribution in [3.05, 3.63) is 35.9 Å². The van der Waals surface area contributed by atoms with Gasteiger partial charge in [-0.05, 0) is 31.2 Å². The van der Waals surface area contributed by atoms with Crippen molar-refractivity contribution in [2.24, 2.45) is 5.41 Å². The summed E-state index contributed by atoms with van der Waals surface area (Å²) in [6.45, 7) is 7.45. The molecule has 108 valence electrons. The van der Waals surface area contributed by atoms with Crippen LogP contribution in [0.15, 0.2) is 30.3 Å². The average molecular weight is 266 g/mol. The predicted molar refractivity (Wildman–Crippen MR) is 78.3 cm³/mol. The summed E-state index contributed by atoms with van der Waals surface area (Å²) in [5.41, 5.74) is 0.505. The van der Waals surface area contributed by atoms with E-state index in [1.54, 1.807) is 6.92 Å². The minimum absolute atomic E-state index is 0.293. The fourth-order valence-corrected chi connectivity index (χ4v) is 1.35. The molecule has 3 nitrogen and oxygen atoms in total. The fourth-order valence-electron chi connectivity index (χ4n) is 1.35. The Morgan fingerprint density at radius 1 is 1.26 bits per heavy atom. The summed E-state index contributed by atoms with van der Waals surface area (Å²) in [4.78, 5) is 10.3. The highest BCUT2D eigenvalue weighted by Crippen LogP contribution is 2.19. The number of benzene rings is 1. The molecule has 2 unspecified atom stereocenters. The summed E-state index contributed by atoms with van der Waals surface area (Å²) < 4.78 is 0. The number of carbonyl (C=O) groups is 1. The molecule has 2 atom stereocenters. The Kier molecular flexibility index (Phi) is 8.08. The van der Waals surface area contributed by atoms with Crippen LogP contribution in [0.25, 0.3) is 0 Å². The maximum absolute atomic E-state index is 10.3. The van der Waals surface area contributed by atoms with Crippen molar-refractivity contribution in [2.45, 2.75) is 46.5 Å². The van der Waals surface area contributed by atoms with Crippen molar-refractivity contribution >= 4 is 5.97 Å². The molecule has 0 fully saturated rings. The predicted octanol–water partition coefficient (Wildman–Crippen LogP) is 3.68. The highest BCUT2D eigenvalue weighted by atomic mass is 16.4. The molecular formula is C16H26O3. The number of hydrogen-bond donors (Lipinski definition) is 2. The van der Waals surface area contributed by atoms with Gasteiger partial charge in [-0.15, -0.1) is 0 Å². The smallest absolute Gasteiger partial charge is 0.311 e. The van der Waals surface area contributed by atoms with Crippen LogP contribution < -0.4 is 0 Å². The highest BCUT2D eigenvalue weighted by Gasteiger charge is 2.29. The maximum Gasteiger partial charge on any atom is 0.311 e. The van der Waals surface area contributed by atoms with E-state index >= 15 is 0 Å². The molecule has 0 saturated heterocycles. The number of rotatable bonds is 5. The van der Waals surface area contributed by atoms with Gasteiger partial charge in [0.05, 0.1) is 12.0 Å². The summed E-state index contributed by atoms with van der Waals surface area (Å²) in [6, 6.07) is 10.6. The van der Waals surface area contributed by atoms with E-state index in [1.165, 1.54) is 18.9 Å². The third-order valence-corrected chi connectivity index (χ3v) is 3.63. The van der Waals surface area contributed by atoms with Gasteiger partial charge in [0, 0.05) is 0 Å². The van der Waals surface area contributed by atoms with Gasteiger partial charge in [0.15, 0.2) is 0 Å². The monoisotopic (exact) mass is 266 g/mol. The minimum Gasteiger partial charge on any atom is -0.481 e. The van der Waals surface area contributed by atoms with E-state index in [2.05, 4.69) is 44.2 Å². The molecule has 0 radical (unpaired) electrons. The zero-order valence-corrected chi connectivity index (χ0v) is 12.4.